The van der Waals surface area contributed by atoms with Gasteiger partial charge in [-0.25, -0.2) is 10.0 Å². The van der Waals surface area contributed by atoms with E-state index in [0.29, 0.717) is 35.5 Å². The summed E-state index contributed by atoms with van der Waals surface area (Å²) < 4.78 is 11.9. The van der Waals surface area contributed by atoms with Gasteiger partial charge in [-0.15, -0.1) is 0 Å². The van der Waals surface area contributed by atoms with E-state index >= 15 is 0 Å². The zero-order valence-corrected chi connectivity index (χ0v) is 15.4. The lowest BCUT2D eigenvalue weighted by Crippen LogP contribution is -2.50. The zero-order valence-electron chi connectivity index (χ0n) is 13.8. The summed E-state index contributed by atoms with van der Waals surface area (Å²) >= 11 is 6.77. The number of para-hydroxylation sites is 1. The number of thioether (sulfide) groups is 1. The maximum absolute atomic E-state index is 12.8. The van der Waals surface area contributed by atoms with Crippen molar-refractivity contribution >= 4 is 40.3 Å². The van der Waals surface area contributed by atoms with Crippen molar-refractivity contribution in [3.63, 3.8) is 0 Å². The topological polar surface area (TPSA) is 42.0 Å². The van der Waals surface area contributed by atoms with Crippen molar-refractivity contribution in [3.05, 3.63) is 46.4 Å². The van der Waals surface area contributed by atoms with Gasteiger partial charge >= 0.3 is 0 Å². The summed E-state index contributed by atoms with van der Waals surface area (Å²) in [6, 6.07) is 7.90. The number of carbonyl (C=O) groups excluding carboxylic acids is 1. The third-order valence-corrected chi connectivity index (χ3v) is 5.64. The molecule has 2 saturated heterocycles. The average Bonchev–Trinajstić information content (AvgIpc) is 2.90. The van der Waals surface area contributed by atoms with E-state index in [1.807, 2.05) is 42.3 Å². The molecule has 4 rings (SSSR count). The van der Waals surface area contributed by atoms with Gasteiger partial charge < -0.3 is 9.47 Å². The van der Waals surface area contributed by atoms with Gasteiger partial charge in [-0.1, -0.05) is 42.2 Å². The quantitative estimate of drug-likeness (QED) is 0.586. The van der Waals surface area contributed by atoms with Gasteiger partial charge in [0.2, 0.25) is 0 Å². The molecule has 0 bridgehead atoms. The van der Waals surface area contributed by atoms with Crippen molar-refractivity contribution in [2.45, 2.75) is 13.0 Å². The number of morpholine rings is 1. The van der Waals surface area contributed by atoms with Gasteiger partial charge in [0.05, 0.1) is 18.1 Å². The number of ether oxygens (including phenoxy) is 2. The highest BCUT2D eigenvalue weighted by molar-refractivity contribution is 8.26. The highest BCUT2D eigenvalue weighted by Gasteiger charge is 2.37. The molecule has 1 aromatic rings. The van der Waals surface area contributed by atoms with Crippen LogP contribution in [-0.2, 0) is 9.53 Å². The van der Waals surface area contributed by atoms with Gasteiger partial charge in [0, 0.05) is 18.7 Å². The van der Waals surface area contributed by atoms with Crippen LogP contribution in [0, 0.1) is 0 Å². The van der Waals surface area contributed by atoms with Crippen molar-refractivity contribution in [3.8, 4) is 5.75 Å². The summed E-state index contributed by atoms with van der Waals surface area (Å²) in [7, 11) is 0. The summed E-state index contributed by atoms with van der Waals surface area (Å²) in [5.41, 5.74) is 2.00. The van der Waals surface area contributed by atoms with Crippen LogP contribution in [0.1, 0.15) is 12.5 Å². The molecule has 3 aliphatic rings. The highest BCUT2D eigenvalue weighted by Crippen LogP contribution is 2.36. The van der Waals surface area contributed by atoms with Crippen LogP contribution >= 0.6 is 24.0 Å². The second kappa shape index (κ2) is 6.92. The summed E-state index contributed by atoms with van der Waals surface area (Å²) in [6.45, 7) is 4.57. The molecule has 1 atom stereocenters. The highest BCUT2D eigenvalue weighted by atomic mass is 32.2. The number of amides is 1. The third-order valence-electron chi connectivity index (χ3n) is 4.36. The molecule has 25 heavy (non-hydrogen) atoms. The minimum absolute atomic E-state index is 0.0659. The molecule has 5 nitrogen and oxygen atoms in total. The summed E-state index contributed by atoms with van der Waals surface area (Å²) in [5, 5.41) is 3.57. The second-order valence-corrected chi connectivity index (χ2v) is 7.68. The van der Waals surface area contributed by atoms with Crippen LogP contribution in [0.25, 0.3) is 6.08 Å². The van der Waals surface area contributed by atoms with E-state index < -0.39 is 0 Å². The molecule has 1 amide bonds. The SMILES string of the molecule is C[C@@H]1Oc2ccccc2C=C1/C=C1\SC(=S)N(N2CCOCC2)C1=O. The van der Waals surface area contributed by atoms with Gasteiger partial charge in [-0.3, -0.25) is 4.79 Å². The molecule has 0 unspecified atom stereocenters. The normalized spacial score (nSPS) is 25.8. The van der Waals surface area contributed by atoms with Gasteiger partial charge in [0.1, 0.15) is 11.9 Å². The zero-order chi connectivity index (χ0) is 17.4. The van der Waals surface area contributed by atoms with Crippen molar-refractivity contribution < 1.29 is 14.3 Å². The van der Waals surface area contributed by atoms with E-state index in [1.165, 1.54) is 11.8 Å². The van der Waals surface area contributed by atoms with Crippen LogP contribution in [0.3, 0.4) is 0 Å². The third kappa shape index (κ3) is 3.25. The first-order chi connectivity index (χ1) is 12.1. The predicted molar refractivity (Wildman–Crippen MR) is 102 cm³/mol. The van der Waals surface area contributed by atoms with Crippen molar-refractivity contribution in [1.29, 1.82) is 0 Å². The monoisotopic (exact) mass is 374 g/mol. The Kier molecular flexibility index (Phi) is 4.64. The van der Waals surface area contributed by atoms with Crippen molar-refractivity contribution in [2.24, 2.45) is 0 Å². The Bertz CT molecular complexity index is 784. The summed E-state index contributed by atoms with van der Waals surface area (Å²) in [4.78, 5) is 13.5. The maximum Gasteiger partial charge on any atom is 0.280 e. The number of hydrogen-bond donors (Lipinski definition) is 0. The minimum Gasteiger partial charge on any atom is -0.485 e. The van der Waals surface area contributed by atoms with E-state index in [9.17, 15) is 4.79 Å². The lowest BCUT2D eigenvalue weighted by molar-refractivity contribution is -0.138. The predicted octanol–water partition coefficient (Wildman–Crippen LogP) is 2.84. The lowest BCUT2D eigenvalue weighted by Gasteiger charge is -2.33. The molecular weight excluding hydrogens is 356 g/mol. The fourth-order valence-electron chi connectivity index (χ4n) is 3.03. The molecule has 0 saturated carbocycles. The number of nitrogens with zero attached hydrogens (tertiary/aromatic N) is 2. The molecule has 0 aromatic heterocycles. The molecular formula is C18H18N2O3S2. The van der Waals surface area contributed by atoms with Gasteiger partial charge in [-0.2, -0.15) is 0 Å². The molecule has 2 fully saturated rings. The van der Waals surface area contributed by atoms with E-state index in [1.54, 1.807) is 5.01 Å². The minimum atomic E-state index is -0.109. The second-order valence-electron chi connectivity index (χ2n) is 6.00. The summed E-state index contributed by atoms with van der Waals surface area (Å²) in [5.74, 6) is 0.803. The number of carbonyl (C=O) groups is 1. The van der Waals surface area contributed by atoms with Crippen LogP contribution in [0.2, 0.25) is 0 Å². The number of hydrazine groups is 1. The van der Waals surface area contributed by atoms with E-state index in [-0.39, 0.29) is 12.0 Å². The molecule has 0 N–H and O–H groups in total. The first kappa shape index (κ1) is 16.8. The van der Waals surface area contributed by atoms with Crippen LogP contribution in [0.15, 0.2) is 40.8 Å². The number of benzene rings is 1. The molecule has 130 valence electrons. The van der Waals surface area contributed by atoms with Crippen LogP contribution in [-0.4, -0.2) is 52.7 Å². The van der Waals surface area contributed by atoms with Gasteiger partial charge in [0.15, 0.2) is 4.32 Å². The van der Waals surface area contributed by atoms with E-state index in [4.69, 9.17) is 21.7 Å². The summed E-state index contributed by atoms with van der Waals surface area (Å²) in [6.07, 6.45) is 3.87. The van der Waals surface area contributed by atoms with E-state index in [0.717, 1.165) is 16.9 Å². The molecule has 0 aliphatic carbocycles. The Hall–Kier alpha value is -1.67. The Labute approximate surface area is 156 Å². The van der Waals surface area contributed by atoms with Crippen molar-refractivity contribution in [2.75, 3.05) is 26.3 Å². The van der Waals surface area contributed by atoms with Crippen LogP contribution in [0.4, 0.5) is 0 Å². The molecule has 0 spiro atoms. The van der Waals surface area contributed by atoms with E-state index in [2.05, 4.69) is 6.08 Å². The maximum atomic E-state index is 12.8. The number of fused-ring (bicyclic) bond motifs is 1. The Balaban J connectivity index is 1.60. The standard InChI is InChI=1S/C18H18N2O3S2/c1-12-14(10-13-4-2-3-5-15(13)23-12)11-16-17(21)20(18(24)25-16)19-6-8-22-9-7-19/h2-5,10-12H,6-9H2,1H3/b16-11-/t12-/m0/s1. The van der Waals surface area contributed by atoms with Crippen LogP contribution in [0.5, 0.6) is 5.75 Å². The first-order valence-corrected chi connectivity index (χ1v) is 9.44. The Morgan fingerprint density at radius 1 is 1.28 bits per heavy atom. The Morgan fingerprint density at radius 2 is 2.04 bits per heavy atom. The van der Waals surface area contributed by atoms with Gasteiger partial charge in [0.25, 0.3) is 5.91 Å². The number of thiocarbonyl (C=S) groups is 1. The largest absolute Gasteiger partial charge is 0.485 e. The Morgan fingerprint density at radius 3 is 2.84 bits per heavy atom. The molecule has 1 aromatic carbocycles. The first-order valence-electron chi connectivity index (χ1n) is 8.21. The molecule has 3 heterocycles. The average molecular weight is 374 g/mol. The lowest BCUT2D eigenvalue weighted by atomic mass is 10.0. The van der Waals surface area contributed by atoms with Crippen molar-refractivity contribution in [1.82, 2.24) is 10.0 Å². The molecule has 3 aliphatic heterocycles. The van der Waals surface area contributed by atoms with Crippen LogP contribution < -0.4 is 4.74 Å². The fourth-order valence-corrected chi connectivity index (χ4v) is 4.34. The number of rotatable bonds is 2. The van der Waals surface area contributed by atoms with Gasteiger partial charge in [-0.05, 0) is 30.7 Å². The smallest absolute Gasteiger partial charge is 0.280 e. The molecule has 0 radical (unpaired) electrons. The number of hydrogen-bond acceptors (Lipinski definition) is 6. The molecule has 7 heteroatoms. The fraction of sp³-hybridized carbons (Fsp3) is 0.333.